The molecule has 2 rings (SSSR count). The largest absolute Gasteiger partial charge is 0.388 e. The fourth-order valence-electron chi connectivity index (χ4n) is 1.43. The summed E-state index contributed by atoms with van der Waals surface area (Å²) in [7, 11) is 0. The van der Waals surface area contributed by atoms with Crippen LogP contribution in [0.2, 0.25) is 0 Å². The van der Waals surface area contributed by atoms with Gasteiger partial charge < -0.3 is 5.11 Å². The molecule has 17 heavy (non-hydrogen) atoms. The minimum absolute atomic E-state index is 0.309. The van der Waals surface area contributed by atoms with Gasteiger partial charge in [-0.1, -0.05) is 6.07 Å². The van der Waals surface area contributed by atoms with Crippen molar-refractivity contribution in [1.82, 2.24) is 4.98 Å². The number of nitrogens with zero attached hydrogens (tertiary/aromatic N) is 1. The van der Waals surface area contributed by atoms with Gasteiger partial charge in [0.2, 0.25) is 0 Å². The quantitative estimate of drug-likeness (QED) is 0.914. The van der Waals surface area contributed by atoms with Crippen LogP contribution in [-0.2, 0) is 6.42 Å². The number of aliphatic hydroxyl groups is 1. The number of aliphatic hydroxyl groups excluding tert-OH is 1. The third kappa shape index (κ3) is 2.87. The topological polar surface area (TPSA) is 33.1 Å². The lowest BCUT2D eigenvalue weighted by Crippen LogP contribution is -1.92. The van der Waals surface area contributed by atoms with E-state index in [-0.39, 0.29) is 0 Å². The highest BCUT2D eigenvalue weighted by atomic mass is 32.1. The van der Waals surface area contributed by atoms with E-state index >= 15 is 0 Å². The van der Waals surface area contributed by atoms with Gasteiger partial charge >= 0.3 is 0 Å². The number of aromatic nitrogens is 1. The number of hydrogen-bond donors (Lipinski definition) is 1. The minimum Gasteiger partial charge on any atom is -0.388 e. The first-order chi connectivity index (χ1) is 8.06. The van der Waals surface area contributed by atoms with E-state index in [2.05, 4.69) is 4.98 Å². The van der Waals surface area contributed by atoms with Crippen molar-refractivity contribution in [3.63, 3.8) is 0 Å². The Morgan fingerprint density at radius 3 is 2.76 bits per heavy atom. The molecule has 90 valence electrons. The van der Waals surface area contributed by atoms with Crippen molar-refractivity contribution in [2.45, 2.75) is 19.4 Å². The average Bonchev–Trinajstić information content (AvgIpc) is 2.71. The maximum Gasteiger partial charge on any atom is 0.129 e. The van der Waals surface area contributed by atoms with Crippen LogP contribution in [0.3, 0.4) is 0 Å². The smallest absolute Gasteiger partial charge is 0.129 e. The summed E-state index contributed by atoms with van der Waals surface area (Å²) in [5, 5.41) is 10.0. The van der Waals surface area contributed by atoms with Crippen molar-refractivity contribution in [3.05, 3.63) is 51.5 Å². The summed E-state index contributed by atoms with van der Waals surface area (Å²) in [6, 6.07) is 3.49. The lowest BCUT2D eigenvalue weighted by Gasteiger charge is -2.00. The molecule has 2 nitrogen and oxygen atoms in total. The molecule has 0 saturated carbocycles. The molecule has 0 aliphatic carbocycles. The molecule has 2 aromatic rings. The zero-order valence-electron chi connectivity index (χ0n) is 9.15. The van der Waals surface area contributed by atoms with E-state index in [1.165, 1.54) is 23.5 Å². The Morgan fingerprint density at radius 1 is 1.41 bits per heavy atom. The summed E-state index contributed by atoms with van der Waals surface area (Å²) in [5.74, 6) is -1.16. The highest BCUT2D eigenvalue weighted by Crippen LogP contribution is 2.23. The van der Waals surface area contributed by atoms with E-state index in [4.69, 9.17) is 0 Å². The Morgan fingerprint density at radius 2 is 2.18 bits per heavy atom. The van der Waals surface area contributed by atoms with Gasteiger partial charge in [-0.05, 0) is 18.6 Å². The molecule has 0 amide bonds. The van der Waals surface area contributed by atoms with Crippen LogP contribution in [0.5, 0.6) is 0 Å². The lowest BCUT2D eigenvalue weighted by atomic mass is 10.1. The van der Waals surface area contributed by atoms with Gasteiger partial charge in [-0.2, -0.15) is 0 Å². The van der Waals surface area contributed by atoms with Crippen LogP contribution < -0.4 is 0 Å². The Hall–Kier alpha value is -1.33. The Balaban J connectivity index is 2.19. The van der Waals surface area contributed by atoms with Crippen molar-refractivity contribution in [2.75, 3.05) is 0 Å². The highest BCUT2D eigenvalue weighted by Gasteiger charge is 2.10. The first kappa shape index (κ1) is 12.1. The SMILES string of the molecule is CC(O)c1cnc(Cc2ccc(F)cc2F)s1. The molecule has 0 aliphatic rings. The minimum atomic E-state index is -0.588. The predicted molar refractivity (Wildman–Crippen MR) is 61.9 cm³/mol. The molecule has 0 spiro atoms. The molecule has 1 atom stereocenters. The summed E-state index contributed by atoms with van der Waals surface area (Å²) in [6.45, 7) is 1.65. The van der Waals surface area contributed by atoms with E-state index in [1.54, 1.807) is 13.1 Å². The van der Waals surface area contributed by atoms with Gasteiger partial charge in [-0.3, -0.25) is 0 Å². The van der Waals surface area contributed by atoms with Gasteiger partial charge in [0, 0.05) is 18.7 Å². The number of thiazole rings is 1. The second-order valence-electron chi connectivity index (χ2n) is 3.74. The van der Waals surface area contributed by atoms with Gasteiger partial charge in [0.1, 0.15) is 11.6 Å². The molecule has 5 heteroatoms. The molecule has 1 heterocycles. The van der Waals surface area contributed by atoms with Gasteiger partial charge in [-0.25, -0.2) is 13.8 Å². The third-order valence-corrected chi connectivity index (χ3v) is 3.51. The van der Waals surface area contributed by atoms with Gasteiger partial charge in [0.25, 0.3) is 0 Å². The van der Waals surface area contributed by atoms with Gasteiger partial charge in [0.15, 0.2) is 0 Å². The first-order valence-electron chi connectivity index (χ1n) is 5.13. The predicted octanol–water partition coefficient (Wildman–Crippen LogP) is 3.07. The molecule has 0 radical (unpaired) electrons. The van der Waals surface area contributed by atoms with Crippen molar-refractivity contribution in [1.29, 1.82) is 0 Å². The molecule has 1 aromatic carbocycles. The van der Waals surface area contributed by atoms with E-state index in [9.17, 15) is 13.9 Å². The second kappa shape index (κ2) is 4.89. The molecular weight excluding hydrogens is 244 g/mol. The highest BCUT2D eigenvalue weighted by molar-refractivity contribution is 7.11. The standard InChI is InChI=1S/C12H11F2NOS/c1-7(16)11-6-15-12(17-11)4-8-2-3-9(13)5-10(8)14/h2-3,5-7,16H,4H2,1H3. The van der Waals surface area contributed by atoms with E-state index < -0.39 is 17.7 Å². The third-order valence-electron chi connectivity index (χ3n) is 2.34. The van der Waals surface area contributed by atoms with Crippen LogP contribution in [0.25, 0.3) is 0 Å². The molecule has 0 bridgehead atoms. The molecule has 1 N–H and O–H groups in total. The van der Waals surface area contributed by atoms with Crippen LogP contribution in [0.4, 0.5) is 8.78 Å². The van der Waals surface area contributed by atoms with E-state index in [0.29, 0.717) is 17.0 Å². The molecule has 0 aliphatic heterocycles. The molecule has 1 aromatic heterocycles. The van der Waals surface area contributed by atoms with Crippen LogP contribution in [0, 0.1) is 11.6 Å². The summed E-state index contributed by atoms with van der Waals surface area (Å²) in [4.78, 5) is 4.83. The summed E-state index contributed by atoms with van der Waals surface area (Å²) >= 11 is 1.33. The Labute approximate surface area is 102 Å². The summed E-state index contributed by atoms with van der Waals surface area (Å²) in [5.41, 5.74) is 0.401. The summed E-state index contributed by atoms with van der Waals surface area (Å²) < 4.78 is 26.1. The molecule has 1 unspecified atom stereocenters. The van der Waals surface area contributed by atoms with Crippen LogP contribution in [0.15, 0.2) is 24.4 Å². The zero-order valence-corrected chi connectivity index (χ0v) is 9.97. The fraction of sp³-hybridized carbons (Fsp3) is 0.250. The fourth-order valence-corrected chi connectivity index (χ4v) is 2.31. The Bertz CT molecular complexity index is 525. The molecular formula is C12H11F2NOS. The van der Waals surface area contributed by atoms with E-state index in [1.807, 2.05) is 0 Å². The zero-order chi connectivity index (χ0) is 12.4. The van der Waals surface area contributed by atoms with Gasteiger partial charge in [-0.15, -0.1) is 11.3 Å². The Kier molecular flexibility index (Phi) is 3.49. The van der Waals surface area contributed by atoms with Gasteiger partial charge in [0.05, 0.1) is 16.0 Å². The number of hydrogen-bond acceptors (Lipinski definition) is 3. The van der Waals surface area contributed by atoms with Crippen molar-refractivity contribution in [3.8, 4) is 0 Å². The number of halogens is 2. The first-order valence-corrected chi connectivity index (χ1v) is 5.94. The van der Waals surface area contributed by atoms with Crippen LogP contribution >= 0.6 is 11.3 Å². The molecule has 0 fully saturated rings. The van der Waals surface area contributed by atoms with Crippen molar-refractivity contribution in [2.24, 2.45) is 0 Å². The van der Waals surface area contributed by atoms with Crippen molar-refractivity contribution < 1.29 is 13.9 Å². The van der Waals surface area contributed by atoms with Crippen LogP contribution in [-0.4, -0.2) is 10.1 Å². The number of benzene rings is 1. The average molecular weight is 255 g/mol. The van der Waals surface area contributed by atoms with Crippen molar-refractivity contribution >= 4 is 11.3 Å². The lowest BCUT2D eigenvalue weighted by molar-refractivity contribution is 0.203. The monoisotopic (exact) mass is 255 g/mol. The summed E-state index contributed by atoms with van der Waals surface area (Å²) in [6.07, 6.45) is 1.31. The maximum atomic E-state index is 13.4. The molecule has 0 saturated heterocycles. The second-order valence-corrected chi connectivity index (χ2v) is 4.89. The maximum absolute atomic E-state index is 13.4. The van der Waals surface area contributed by atoms with E-state index in [0.717, 1.165) is 10.9 Å². The number of rotatable bonds is 3. The van der Waals surface area contributed by atoms with Crippen LogP contribution in [0.1, 0.15) is 28.5 Å². The normalized spacial score (nSPS) is 12.7.